The molecular formula is C24H19FN4O. The summed E-state index contributed by atoms with van der Waals surface area (Å²) in [5.41, 5.74) is 4.26. The molecule has 0 spiro atoms. The summed E-state index contributed by atoms with van der Waals surface area (Å²) >= 11 is 0. The zero-order valence-corrected chi connectivity index (χ0v) is 16.0. The highest BCUT2D eigenvalue weighted by Crippen LogP contribution is 2.21. The Balaban J connectivity index is 1.47. The lowest BCUT2D eigenvalue weighted by atomic mass is 10.1. The Morgan fingerprint density at radius 1 is 0.867 bits per heavy atom. The normalized spacial score (nSPS) is 10.4. The molecule has 3 aromatic carbocycles. The van der Waals surface area contributed by atoms with E-state index in [1.165, 1.54) is 18.5 Å². The lowest BCUT2D eigenvalue weighted by molar-refractivity contribution is 0.0951. The van der Waals surface area contributed by atoms with E-state index in [4.69, 9.17) is 0 Å². The molecule has 2 N–H and O–H groups in total. The number of halogens is 1. The van der Waals surface area contributed by atoms with E-state index in [0.29, 0.717) is 17.0 Å². The molecule has 6 heteroatoms. The third-order valence-corrected chi connectivity index (χ3v) is 4.52. The Morgan fingerprint density at radius 3 is 2.40 bits per heavy atom. The van der Waals surface area contributed by atoms with Gasteiger partial charge in [0.2, 0.25) is 0 Å². The van der Waals surface area contributed by atoms with E-state index in [1.54, 1.807) is 24.3 Å². The number of nitrogens with one attached hydrogen (secondary N) is 2. The predicted molar refractivity (Wildman–Crippen MR) is 115 cm³/mol. The van der Waals surface area contributed by atoms with Crippen LogP contribution in [0.4, 0.5) is 15.8 Å². The van der Waals surface area contributed by atoms with Gasteiger partial charge in [-0.2, -0.15) is 0 Å². The van der Waals surface area contributed by atoms with Crippen molar-refractivity contribution in [1.29, 1.82) is 0 Å². The first-order valence-corrected chi connectivity index (χ1v) is 9.45. The summed E-state index contributed by atoms with van der Waals surface area (Å²) in [7, 11) is 0. The van der Waals surface area contributed by atoms with Gasteiger partial charge in [-0.05, 0) is 54.6 Å². The van der Waals surface area contributed by atoms with Gasteiger partial charge in [0, 0.05) is 11.3 Å². The lowest BCUT2D eigenvalue weighted by Gasteiger charge is -2.12. The van der Waals surface area contributed by atoms with E-state index in [0.717, 1.165) is 16.9 Å². The van der Waals surface area contributed by atoms with Crippen LogP contribution in [0.5, 0.6) is 0 Å². The van der Waals surface area contributed by atoms with Crippen molar-refractivity contribution in [3.8, 4) is 11.3 Å². The molecule has 0 aliphatic heterocycles. The van der Waals surface area contributed by atoms with Gasteiger partial charge in [0.25, 0.3) is 5.91 Å². The zero-order chi connectivity index (χ0) is 20.8. The smallest absolute Gasteiger partial charge is 0.253 e. The van der Waals surface area contributed by atoms with E-state index >= 15 is 0 Å². The van der Waals surface area contributed by atoms with Gasteiger partial charge >= 0.3 is 0 Å². The Bertz CT molecular complexity index is 1150. The summed E-state index contributed by atoms with van der Waals surface area (Å²) in [6, 6.07) is 24.9. The molecule has 0 fully saturated rings. The van der Waals surface area contributed by atoms with Gasteiger partial charge in [0.05, 0.1) is 29.2 Å². The second-order valence-corrected chi connectivity index (χ2v) is 6.62. The number of rotatable bonds is 6. The Hall–Kier alpha value is -4.06. The minimum absolute atomic E-state index is 0.212. The number of anilines is 2. The van der Waals surface area contributed by atoms with Crippen LogP contribution in [0.3, 0.4) is 0 Å². The van der Waals surface area contributed by atoms with Crippen LogP contribution in [0.1, 0.15) is 16.1 Å². The molecule has 1 amide bonds. The summed E-state index contributed by atoms with van der Waals surface area (Å²) in [5.74, 6) is -0.515. The minimum atomic E-state index is -0.303. The molecule has 30 heavy (non-hydrogen) atoms. The van der Waals surface area contributed by atoms with Crippen LogP contribution in [0, 0.1) is 5.82 Å². The molecule has 148 valence electrons. The Labute approximate surface area is 173 Å². The van der Waals surface area contributed by atoms with Crippen LogP contribution in [0.25, 0.3) is 11.3 Å². The van der Waals surface area contributed by atoms with E-state index in [9.17, 15) is 9.18 Å². The fraction of sp³-hybridized carbons (Fsp3) is 0.0417. The first-order chi connectivity index (χ1) is 14.7. The molecule has 4 aromatic rings. The summed E-state index contributed by atoms with van der Waals surface area (Å²) in [6.45, 7) is 0.245. The number of para-hydroxylation sites is 2. The second-order valence-electron chi connectivity index (χ2n) is 6.62. The molecule has 5 nitrogen and oxygen atoms in total. The molecule has 0 unspecified atom stereocenters. The molecule has 1 aromatic heterocycles. The number of benzene rings is 3. The van der Waals surface area contributed by atoms with E-state index in [2.05, 4.69) is 20.6 Å². The highest BCUT2D eigenvalue weighted by molar-refractivity contribution is 6.00. The molecule has 0 saturated heterocycles. The van der Waals surface area contributed by atoms with Crippen molar-refractivity contribution >= 4 is 17.3 Å². The number of amides is 1. The highest BCUT2D eigenvalue weighted by Gasteiger charge is 2.12. The van der Waals surface area contributed by atoms with E-state index < -0.39 is 0 Å². The largest absolute Gasteiger partial charge is 0.355 e. The van der Waals surface area contributed by atoms with Gasteiger partial charge in [0.1, 0.15) is 12.1 Å². The van der Waals surface area contributed by atoms with Crippen LogP contribution < -0.4 is 10.6 Å². The number of aromatic nitrogens is 2. The van der Waals surface area contributed by atoms with Gasteiger partial charge in [0.15, 0.2) is 0 Å². The molecule has 0 aliphatic carbocycles. The molecule has 0 aliphatic rings. The van der Waals surface area contributed by atoms with Gasteiger partial charge in [-0.3, -0.25) is 4.79 Å². The van der Waals surface area contributed by atoms with Crippen molar-refractivity contribution < 1.29 is 9.18 Å². The fourth-order valence-corrected chi connectivity index (χ4v) is 3.01. The average molecular weight is 398 g/mol. The van der Waals surface area contributed by atoms with Crippen molar-refractivity contribution in [2.24, 2.45) is 0 Å². The van der Waals surface area contributed by atoms with Crippen molar-refractivity contribution in [3.05, 3.63) is 108 Å². The van der Waals surface area contributed by atoms with Crippen molar-refractivity contribution in [3.63, 3.8) is 0 Å². The van der Waals surface area contributed by atoms with Crippen LogP contribution >= 0.6 is 0 Å². The maximum atomic E-state index is 13.1. The number of carbonyl (C=O) groups excluding carboxylic acids is 1. The summed E-state index contributed by atoms with van der Waals surface area (Å²) in [6.07, 6.45) is 1.44. The quantitative estimate of drug-likeness (QED) is 0.482. The molecule has 0 atom stereocenters. The highest BCUT2D eigenvalue weighted by atomic mass is 19.1. The number of hydrogen-bond acceptors (Lipinski definition) is 4. The monoisotopic (exact) mass is 398 g/mol. The summed E-state index contributed by atoms with van der Waals surface area (Å²) in [4.78, 5) is 21.2. The van der Waals surface area contributed by atoms with Gasteiger partial charge in [-0.25, -0.2) is 14.4 Å². The number of nitrogens with zero attached hydrogens (tertiary/aromatic N) is 2. The van der Waals surface area contributed by atoms with Crippen LogP contribution in [-0.2, 0) is 6.54 Å². The van der Waals surface area contributed by atoms with E-state index in [1.807, 2.05) is 48.5 Å². The van der Waals surface area contributed by atoms with Gasteiger partial charge in [-0.15, -0.1) is 0 Å². The zero-order valence-electron chi connectivity index (χ0n) is 16.0. The molecule has 4 rings (SSSR count). The maximum Gasteiger partial charge on any atom is 0.253 e. The fourth-order valence-electron chi connectivity index (χ4n) is 3.01. The number of carbonyl (C=O) groups is 1. The van der Waals surface area contributed by atoms with Gasteiger partial charge in [-0.1, -0.05) is 30.3 Å². The predicted octanol–water partition coefficient (Wildman–Crippen LogP) is 4.96. The molecule has 0 saturated carbocycles. The average Bonchev–Trinajstić information content (AvgIpc) is 2.79. The minimum Gasteiger partial charge on any atom is -0.355 e. The van der Waals surface area contributed by atoms with Crippen LogP contribution in [-0.4, -0.2) is 15.9 Å². The molecule has 0 bridgehead atoms. The van der Waals surface area contributed by atoms with Crippen molar-refractivity contribution in [2.45, 2.75) is 6.54 Å². The van der Waals surface area contributed by atoms with Crippen LogP contribution in [0.2, 0.25) is 0 Å². The lowest BCUT2D eigenvalue weighted by Crippen LogP contribution is -2.24. The van der Waals surface area contributed by atoms with Crippen molar-refractivity contribution in [1.82, 2.24) is 15.3 Å². The molecular weight excluding hydrogens is 379 g/mol. The second kappa shape index (κ2) is 8.96. The van der Waals surface area contributed by atoms with E-state index in [-0.39, 0.29) is 18.3 Å². The standard InChI is InChI=1S/C24H19FN4O/c25-18-12-10-17(11-13-18)23-14-20(27-16-28-23)15-26-24(30)21-8-4-5-9-22(21)29-19-6-2-1-3-7-19/h1-14,16,29H,15H2,(H,26,30). The van der Waals surface area contributed by atoms with Crippen molar-refractivity contribution in [2.75, 3.05) is 5.32 Å². The first kappa shape index (κ1) is 19.3. The van der Waals surface area contributed by atoms with Crippen LogP contribution in [0.15, 0.2) is 91.3 Å². The molecule has 1 heterocycles. The topological polar surface area (TPSA) is 66.9 Å². The van der Waals surface area contributed by atoms with Gasteiger partial charge < -0.3 is 10.6 Å². The third kappa shape index (κ3) is 4.67. The summed E-state index contributed by atoms with van der Waals surface area (Å²) < 4.78 is 13.1. The maximum absolute atomic E-state index is 13.1. The molecule has 0 radical (unpaired) electrons. The third-order valence-electron chi connectivity index (χ3n) is 4.52. The Morgan fingerprint density at radius 2 is 1.60 bits per heavy atom. The Kier molecular flexibility index (Phi) is 5.75. The summed E-state index contributed by atoms with van der Waals surface area (Å²) in [5, 5.41) is 6.17. The number of hydrogen-bond donors (Lipinski definition) is 2. The first-order valence-electron chi connectivity index (χ1n) is 9.45. The SMILES string of the molecule is O=C(NCc1cc(-c2ccc(F)cc2)ncn1)c1ccccc1Nc1ccccc1.